The van der Waals surface area contributed by atoms with E-state index in [0.717, 1.165) is 0 Å². The molecular formula is C21H25N3O4. The minimum absolute atomic E-state index is 0.0377. The van der Waals surface area contributed by atoms with Gasteiger partial charge in [0.2, 0.25) is 0 Å². The molecule has 0 spiro atoms. The molecule has 2 aromatic rings. The second-order valence-corrected chi connectivity index (χ2v) is 7.85. The quantitative estimate of drug-likeness (QED) is 0.558. The van der Waals surface area contributed by atoms with Gasteiger partial charge in [0.05, 0.1) is 11.4 Å². The fourth-order valence-corrected chi connectivity index (χ4v) is 3.23. The lowest BCUT2D eigenvalue weighted by atomic mass is 10.2. The summed E-state index contributed by atoms with van der Waals surface area (Å²) in [4.78, 5) is 29.1. The normalized spacial score (nSPS) is 16.9. The molecule has 1 aromatic heterocycles. The lowest BCUT2D eigenvalue weighted by Crippen LogP contribution is -2.42. The first kappa shape index (κ1) is 19.7. The fraction of sp³-hybridized carbons (Fsp3) is 0.381. The van der Waals surface area contributed by atoms with Crippen molar-refractivity contribution in [3.8, 4) is 0 Å². The number of fused-ring (bicyclic) bond motifs is 1. The van der Waals surface area contributed by atoms with Crippen LogP contribution >= 0.6 is 0 Å². The van der Waals surface area contributed by atoms with Crippen molar-refractivity contribution in [2.75, 3.05) is 16.3 Å². The van der Waals surface area contributed by atoms with E-state index < -0.39 is 17.6 Å². The van der Waals surface area contributed by atoms with Gasteiger partial charge in [-0.05, 0) is 52.3 Å². The topological polar surface area (TPSA) is 76.8 Å². The number of pyridine rings is 1. The average Bonchev–Trinajstić information content (AvgIpc) is 2.76. The smallest absolute Gasteiger partial charge is 0.415 e. The van der Waals surface area contributed by atoms with Crippen LogP contribution in [0.15, 0.2) is 48.7 Å². The molecule has 28 heavy (non-hydrogen) atoms. The molecule has 2 heterocycles. The van der Waals surface area contributed by atoms with Gasteiger partial charge >= 0.3 is 12.0 Å². The fourth-order valence-electron chi connectivity index (χ4n) is 3.23. The predicted octanol–water partition coefficient (Wildman–Crippen LogP) is 3.50. The molecule has 7 nitrogen and oxygen atoms in total. The first-order valence-corrected chi connectivity index (χ1v) is 9.30. The zero-order valence-electron chi connectivity index (χ0n) is 16.6. The molecule has 0 radical (unpaired) electrons. The minimum atomic E-state index is -0.633. The van der Waals surface area contributed by atoms with Crippen molar-refractivity contribution in [1.29, 1.82) is 0 Å². The van der Waals surface area contributed by atoms with E-state index >= 15 is 0 Å². The standard InChI is InChI=1S/C21H25N3O4/c1-15-12-14-22(19(25)18-11-7-8-13-23(18)27)16-9-5-6-10-17(16)24(15)20(26)28-21(2,3)4/h5-11,13,15H,12,14H2,1-4H3/t15-/m0/s1. The molecule has 0 saturated carbocycles. The maximum Gasteiger partial charge on any atom is 0.415 e. The van der Waals surface area contributed by atoms with Gasteiger partial charge in [0.1, 0.15) is 5.60 Å². The number of nitrogens with zero attached hydrogens (tertiary/aromatic N) is 3. The number of ether oxygens (including phenoxy) is 1. The third-order valence-corrected chi connectivity index (χ3v) is 4.52. The summed E-state index contributed by atoms with van der Waals surface area (Å²) in [5.41, 5.74) is 0.566. The summed E-state index contributed by atoms with van der Waals surface area (Å²) < 4.78 is 6.15. The Hall–Kier alpha value is -3.09. The van der Waals surface area contributed by atoms with Gasteiger partial charge in [0.15, 0.2) is 6.20 Å². The Morgan fingerprint density at radius 1 is 1.11 bits per heavy atom. The van der Waals surface area contributed by atoms with Crippen LogP contribution in [0.3, 0.4) is 0 Å². The molecule has 7 heteroatoms. The summed E-state index contributed by atoms with van der Waals surface area (Å²) >= 11 is 0. The number of aromatic nitrogens is 1. The minimum Gasteiger partial charge on any atom is -0.618 e. The molecule has 0 saturated heterocycles. The Morgan fingerprint density at radius 3 is 2.39 bits per heavy atom. The molecule has 1 aliphatic rings. The van der Waals surface area contributed by atoms with E-state index in [1.54, 1.807) is 40.1 Å². The van der Waals surface area contributed by atoms with E-state index in [2.05, 4.69) is 0 Å². The summed E-state index contributed by atoms with van der Waals surface area (Å²) in [5.74, 6) is -0.402. The summed E-state index contributed by atoms with van der Waals surface area (Å²) in [7, 11) is 0. The van der Waals surface area contributed by atoms with Gasteiger partial charge in [-0.1, -0.05) is 12.1 Å². The van der Waals surface area contributed by atoms with Gasteiger partial charge < -0.3 is 14.8 Å². The zero-order valence-corrected chi connectivity index (χ0v) is 16.6. The summed E-state index contributed by atoms with van der Waals surface area (Å²) in [6.07, 6.45) is 1.39. The molecule has 2 amide bonds. The van der Waals surface area contributed by atoms with Gasteiger partial charge in [-0.3, -0.25) is 9.69 Å². The number of hydrogen-bond acceptors (Lipinski definition) is 4. The Balaban J connectivity index is 2.04. The van der Waals surface area contributed by atoms with Gasteiger partial charge in [0, 0.05) is 24.7 Å². The van der Waals surface area contributed by atoms with Crippen LogP contribution in [0.1, 0.15) is 44.6 Å². The van der Waals surface area contributed by atoms with Crippen molar-refractivity contribution in [1.82, 2.24) is 0 Å². The van der Waals surface area contributed by atoms with E-state index in [0.29, 0.717) is 29.1 Å². The van der Waals surface area contributed by atoms with E-state index in [4.69, 9.17) is 4.74 Å². The second kappa shape index (κ2) is 7.50. The number of hydrogen-bond donors (Lipinski definition) is 0. The summed E-state index contributed by atoms with van der Waals surface area (Å²) in [6, 6.07) is 11.7. The molecule has 1 aromatic carbocycles. The van der Waals surface area contributed by atoms with Crippen molar-refractivity contribution in [3.05, 3.63) is 59.6 Å². The van der Waals surface area contributed by atoms with Gasteiger partial charge in [0.25, 0.3) is 5.69 Å². The van der Waals surface area contributed by atoms with Crippen LogP contribution in [0.4, 0.5) is 16.2 Å². The number of carbonyl (C=O) groups is 2. The highest BCUT2D eigenvalue weighted by Crippen LogP contribution is 2.36. The van der Waals surface area contributed by atoms with E-state index in [1.165, 1.54) is 12.3 Å². The molecule has 0 N–H and O–H groups in total. The third-order valence-electron chi connectivity index (χ3n) is 4.52. The van der Waals surface area contributed by atoms with E-state index in [1.807, 2.05) is 33.8 Å². The summed E-state index contributed by atoms with van der Waals surface area (Å²) in [6.45, 7) is 7.75. The second-order valence-electron chi connectivity index (χ2n) is 7.85. The van der Waals surface area contributed by atoms with Gasteiger partial charge in [-0.15, -0.1) is 0 Å². The molecule has 1 atom stereocenters. The monoisotopic (exact) mass is 383 g/mol. The van der Waals surface area contributed by atoms with Crippen LogP contribution in [0, 0.1) is 5.21 Å². The van der Waals surface area contributed by atoms with Crippen molar-refractivity contribution in [2.24, 2.45) is 0 Å². The SMILES string of the molecule is C[C@H]1CCN(C(=O)c2cccc[n+]2[O-])c2ccccc2N1C(=O)OC(C)(C)C. The Kier molecular flexibility index (Phi) is 5.27. The highest BCUT2D eigenvalue weighted by molar-refractivity contribution is 6.07. The Morgan fingerprint density at radius 2 is 1.75 bits per heavy atom. The molecule has 0 aliphatic carbocycles. The van der Waals surface area contributed by atoms with Crippen molar-refractivity contribution in [3.63, 3.8) is 0 Å². The lowest BCUT2D eigenvalue weighted by molar-refractivity contribution is -0.607. The van der Waals surface area contributed by atoms with Gasteiger partial charge in [-0.25, -0.2) is 4.79 Å². The zero-order chi connectivity index (χ0) is 20.5. The number of anilines is 2. The van der Waals surface area contributed by atoms with Crippen LogP contribution < -0.4 is 14.5 Å². The first-order valence-electron chi connectivity index (χ1n) is 9.30. The number of amides is 2. The molecular weight excluding hydrogens is 358 g/mol. The highest BCUT2D eigenvalue weighted by Gasteiger charge is 2.35. The van der Waals surface area contributed by atoms with Gasteiger partial charge in [-0.2, -0.15) is 4.73 Å². The molecule has 148 valence electrons. The Bertz CT molecular complexity index is 891. The van der Waals surface area contributed by atoms with Crippen molar-refractivity contribution >= 4 is 23.4 Å². The average molecular weight is 383 g/mol. The van der Waals surface area contributed by atoms with Crippen LogP contribution in [0.2, 0.25) is 0 Å². The number of para-hydroxylation sites is 2. The molecule has 1 aliphatic heterocycles. The van der Waals surface area contributed by atoms with Crippen molar-refractivity contribution in [2.45, 2.75) is 45.8 Å². The van der Waals surface area contributed by atoms with Crippen LogP contribution in [0.25, 0.3) is 0 Å². The molecule has 0 fully saturated rings. The lowest BCUT2D eigenvalue weighted by Gasteiger charge is -2.31. The first-order chi connectivity index (χ1) is 13.2. The van der Waals surface area contributed by atoms with Crippen LogP contribution in [-0.4, -0.2) is 30.2 Å². The maximum absolute atomic E-state index is 13.1. The largest absolute Gasteiger partial charge is 0.618 e. The van der Waals surface area contributed by atoms with Crippen LogP contribution in [0.5, 0.6) is 0 Å². The highest BCUT2D eigenvalue weighted by atomic mass is 16.6. The Labute approximate surface area is 164 Å². The maximum atomic E-state index is 13.1. The molecule has 3 rings (SSSR count). The number of benzene rings is 1. The molecule has 0 unspecified atom stereocenters. The molecule has 0 bridgehead atoms. The number of carbonyl (C=O) groups excluding carboxylic acids is 2. The third kappa shape index (κ3) is 3.93. The van der Waals surface area contributed by atoms with E-state index in [-0.39, 0.29) is 11.7 Å². The number of rotatable bonds is 1. The van der Waals surface area contributed by atoms with E-state index in [9.17, 15) is 14.8 Å². The summed E-state index contributed by atoms with van der Waals surface area (Å²) in [5, 5.41) is 12.1. The van der Waals surface area contributed by atoms with Crippen LogP contribution in [-0.2, 0) is 4.74 Å². The predicted molar refractivity (Wildman–Crippen MR) is 106 cm³/mol. The van der Waals surface area contributed by atoms with Crippen molar-refractivity contribution < 1.29 is 19.1 Å².